The van der Waals surface area contributed by atoms with E-state index in [2.05, 4.69) is 0 Å². The van der Waals surface area contributed by atoms with Gasteiger partial charge in [-0.05, 0) is 53.3 Å². The highest BCUT2D eigenvalue weighted by Crippen LogP contribution is 2.26. The third kappa shape index (κ3) is 6.63. The number of nitrogens with two attached hydrogens (primary N) is 2. The predicted molar refractivity (Wildman–Crippen MR) is 149 cm³/mol. The summed E-state index contributed by atoms with van der Waals surface area (Å²) in [7, 11) is 0. The van der Waals surface area contributed by atoms with Crippen LogP contribution in [0.1, 0.15) is 37.0 Å². The van der Waals surface area contributed by atoms with Crippen LogP contribution < -0.4 is 11.5 Å². The van der Waals surface area contributed by atoms with Crippen molar-refractivity contribution in [1.82, 2.24) is 14.9 Å². The number of benzene rings is 3. The first-order valence-electron chi connectivity index (χ1n) is 13.0. The van der Waals surface area contributed by atoms with Crippen molar-refractivity contribution in [3.63, 3.8) is 0 Å². The van der Waals surface area contributed by atoms with Crippen LogP contribution in [0, 0.1) is 5.92 Å². The summed E-state index contributed by atoms with van der Waals surface area (Å²) < 4.78 is 0. The highest BCUT2D eigenvalue weighted by atomic mass is 16.3. The standard InChI is InChI=1S/C30H37N5O3/c1-21(2)14-29(37)34-20-28(36)27(17-22-8-4-3-5-9-22)33(18-23-10-6-12-25(31)15-23)30(38)35(34)19-24-11-7-13-26(32)16-24/h3-13,15-16,21,27-28,36H,14,17-20,31-32H2,1-2H3/t27-,28-/m1/s1. The lowest BCUT2D eigenvalue weighted by atomic mass is 9.99. The van der Waals surface area contributed by atoms with E-state index in [1.165, 1.54) is 10.0 Å². The van der Waals surface area contributed by atoms with Gasteiger partial charge in [-0.3, -0.25) is 4.79 Å². The second-order valence-electron chi connectivity index (χ2n) is 10.4. The molecule has 5 N–H and O–H groups in total. The van der Waals surface area contributed by atoms with Gasteiger partial charge in [0, 0.05) is 24.3 Å². The topological polar surface area (TPSA) is 116 Å². The quantitative estimate of drug-likeness (QED) is 0.392. The first-order chi connectivity index (χ1) is 18.2. The zero-order chi connectivity index (χ0) is 27.2. The predicted octanol–water partition coefficient (Wildman–Crippen LogP) is 4.05. The Morgan fingerprint density at radius 2 is 1.47 bits per heavy atom. The van der Waals surface area contributed by atoms with E-state index in [4.69, 9.17) is 11.5 Å². The van der Waals surface area contributed by atoms with Crippen LogP contribution in [0.4, 0.5) is 16.2 Å². The Balaban J connectivity index is 1.77. The largest absolute Gasteiger partial charge is 0.399 e. The number of hydrogen-bond acceptors (Lipinski definition) is 5. The molecule has 38 heavy (non-hydrogen) atoms. The van der Waals surface area contributed by atoms with E-state index in [0.717, 1.165) is 16.7 Å². The van der Waals surface area contributed by atoms with E-state index in [-0.39, 0.29) is 43.9 Å². The molecular formula is C30H37N5O3. The molecule has 0 radical (unpaired) electrons. The fraction of sp³-hybridized carbons (Fsp3) is 0.333. The first kappa shape index (κ1) is 27.0. The number of carbonyl (C=O) groups excluding carboxylic acids is 2. The molecule has 0 spiro atoms. The van der Waals surface area contributed by atoms with Crippen LogP contribution in [-0.4, -0.2) is 50.7 Å². The molecule has 1 aliphatic rings. The molecule has 8 heteroatoms. The third-order valence-electron chi connectivity index (χ3n) is 6.71. The number of aliphatic hydroxyl groups is 1. The molecule has 1 heterocycles. The Morgan fingerprint density at radius 3 is 2.05 bits per heavy atom. The summed E-state index contributed by atoms with van der Waals surface area (Å²) in [4.78, 5) is 29.5. The van der Waals surface area contributed by atoms with Gasteiger partial charge in [0.1, 0.15) is 0 Å². The Kier molecular flexibility index (Phi) is 8.53. The van der Waals surface area contributed by atoms with Gasteiger partial charge in [-0.15, -0.1) is 0 Å². The Hall–Kier alpha value is -4.04. The summed E-state index contributed by atoms with van der Waals surface area (Å²) in [5.41, 5.74) is 15.8. The van der Waals surface area contributed by atoms with Gasteiger partial charge in [-0.25, -0.2) is 14.8 Å². The van der Waals surface area contributed by atoms with Crippen LogP contribution in [-0.2, 0) is 24.3 Å². The molecule has 3 amide bonds. The molecule has 2 atom stereocenters. The molecule has 1 aliphatic heterocycles. The molecule has 0 aromatic heterocycles. The number of nitrogen functional groups attached to an aromatic ring is 2. The summed E-state index contributed by atoms with van der Waals surface area (Å²) in [5, 5.41) is 14.4. The van der Waals surface area contributed by atoms with Gasteiger partial charge in [0.2, 0.25) is 5.91 Å². The lowest BCUT2D eigenvalue weighted by molar-refractivity contribution is -0.147. The maximum Gasteiger partial charge on any atom is 0.339 e. The average molecular weight is 516 g/mol. The van der Waals surface area contributed by atoms with Crippen molar-refractivity contribution < 1.29 is 14.7 Å². The lowest BCUT2D eigenvalue weighted by Gasteiger charge is -2.36. The van der Waals surface area contributed by atoms with E-state index in [1.54, 1.807) is 23.1 Å². The number of hydrazine groups is 1. The van der Waals surface area contributed by atoms with Gasteiger partial charge in [0.05, 0.1) is 25.2 Å². The number of aliphatic hydroxyl groups excluding tert-OH is 1. The zero-order valence-corrected chi connectivity index (χ0v) is 22.0. The minimum atomic E-state index is -0.970. The number of urea groups is 1. The van der Waals surface area contributed by atoms with Crippen molar-refractivity contribution in [2.45, 2.75) is 51.9 Å². The number of nitrogens with zero attached hydrogens (tertiary/aromatic N) is 3. The number of β-amino-alcohol motifs (C(OH)–C–C–N with tert-alkyl or cyclic N) is 1. The number of rotatable bonds is 8. The number of anilines is 2. The monoisotopic (exact) mass is 515 g/mol. The van der Waals surface area contributed by atoms with E-state index < -0.39 is 12.1 Å². The fourth-order valence-electron chi connectivity index (χ4n) is 4.88. The van der Waals surface area contributed by atoms with Crippen LogP contribution in [0.15, 0.2) is 78.9 Å². The van der Waals surface area contributed by atoms with E-state index in [9.17, 15) is 14.7 Å². The molecule has 3 aromatic rings. The average Bonchev–Trinajstić information content (AvgIpc) is 2.96. The van der Waals surface area contributed by atoms with Gasteiger partial charge >= 0.3 is 6.03 Å². The first-order valence-corrected chi connectivity index (χ1v) is 13.0. The lowest BCUT2D eigenvalue weighted by Crippen LogP contribution is -2.52. The molecule has 0 unspecified atom stereocenters. The summed E-state index contributed by atoms with van der Waals surface area (Å²) in [6, 6.07) is 23.5. The minimum Gasteiger partial charge on any atom is -0.399 e. The second-order valence-corrected chi connectivity index (χ2v) is 10.4. The smallest absolute Gasteiger partial charge is 0.339 e. The molecule has 200 valence electrons. The van der Waals surface area contributed by atoms with E-state index >= 15 is 0 Å². The van der Waals surface area contributed by atoms with Crippen LogP contribution in [0.25, 0.3) is 0 Å². The van der Waals surface area contributed by atoms with Crippen molar-refractivity contribution in [3.05, 3.63) is 95.6 Å². The van der Waals surface area contributed by atoms with E-state index in [1.807, 2.05) is 74.5 Å². The molecule has 4 rings (SSSR count). The van der Waals surface area contributed by atoms with Crippen molar-refractivity contribution >= 4 is 23.3 Å². The van der Waals surface area contributed by atoms with Gasteiger partial charge in [0.15, 0.2) is 0 Å². The minimum absolute atomic E-state index is 0.00450. The maximum atomic E-state index is 14.4. The molecular weight excluding hydrogens is 478 g/mol. The number of amides is 3. The second kappa shape index (κ2) is 12.0. The number of carbonyl (C=O) groups is 2. The van der Waals surface area contributed by atoms with Gasteiger partial charge in [-0.1, -0.05) is 68.4 Å². The summed E-state index contributed by atoms with van der Waals surface area (Å²) in [6.07, 6.45) is -0.275. The zero-order valence-electron chi connectivity index (χ0n) is 22.0. The maximum absolute atomic E-state index is 14.4. The third-order valence-corrected chi connectivity index (χ3v) is 6.71. The Bertz CT molecular complexity index is 1250. The van der Waals surface area contributed by atoms with E-state index in [0.29, 0.717) is 17.8 Å². The molecule has 1 saturated heterocycles. The molecule has 0 aliphatic carbocycles. The normalized spacial score (nSPS) is 18.1. The molecule has 3 aromatic carbocycles. The number of hydrogen-bond donors (Lipinski definition) is 3. The summed E-state index contributed by atoms with van der Waals surface area (Å²) in [5.74, 6) is -0.115. The Labute approximate surface area is 224 Å². The van der Waals surface area contributed by atoms with Crippen LogP contribution >= 0.6 is 0 Å². The van der Waals surface area contributed by atoms with Crippen LogP contribution in [0.2, 0.25) is 0 Å². The summed E-state index contributed by atoms with van der Waals surface area (Å²) >= 11 is 0. The fourth-order valence-corrected chi connectivity index (χ4v) is 4.88. The van der Waals surface area contributed by atoms with Crippen molar-refractivity contribution in [2.24, 2.45) is 5.92 Å². The highest BCUT2D eigenvalue weighted by Gasteiger charge is 2.42. The van der Waals surface area contributed by atoms with Gasteiger partial charge in [-0.2, -0.15) is 0 Å². The highest BCUT2D eigenvalue weighted by molar-refractivity contribution is 5.82. The SMILES string of the molecule is CC(C)CC(=O)N1C[C@@H](O)[C@@H](Cc2ccccc2)N(Cc2cccc(N)c2)C(=O)N1Cc1cccc(N)c1. The van der Waals surface area contributed by atoms with Crippen molar-refractivity contribution in [3.8, 4) is 0 Å². The molecule has 0 bridgehead atoms. The van der Waals surface area contributed by atoms with Crippen molar-refractivity contribution in [1.29, 1.82) is 0 Å². The molecule has 8 nitrogen and oxygen atoms in total. The van der Waals surface area contributed by atoms with Gasteiger partial charge < -0.3 is 21.5 Å². The van der Waals surface area contributed by atoms with Gasteiger partial charge in [0.25, 0.3) is 0 Å². The van der Waals surface area contributed by atoms with Crippen LogP contribution in [0.5, 0.6) is 0 Å². The summed E-state index contributed by atoms with van der Waals surface area (Å²) in [6.45, 7) is 4.30. The van der Waals surface area contributed by atoms with Crippen LogP contribution in [0.3, 0.4) is 0 Å². The molecule has 0 saturated carbocycles. The van der Waals surface area contributed by atoms with Crippen molar-refractivity contribution in [2.75, 3.05) is 18.0 Å². The molecule has 1 fully saturated rings. The Morgan fingerprint density at radius 1 is 0.895 bits per heavy atom.